The van der Waals surface area contributed by atoms with Gasteiger partial charge in [-0.2, -0.15) is 0 Å². The molecule has 0 amide bonds. The lowest BCUT2D eigenvalue weighted by Gasteiger charge is -2.19. The van der Waals surface area contributed by atoms with Crippen molar-refractivity contribution in [3.63, 3.8) is 0 Å². The molecule has 3 rings (SSSR count). The van der Waals surface area contributed by atoms with Crippen LogP contribution in [0, 0.1) is 0 Å². The van der Waals surface area contributed by atoms with Gasteiger partial charge in [-0.15, -0.1) is 0 Å². The zero-order chi connectivity index (χ0) is 13.8. The monoisotopic (exact) mass is 271 g/mol. The Morgan fingerprint density at radius 3 is 2.80 bits per heavy atom. The molecular weight excluding hydrogens is 250 g/mol. The number of aryl methyl sites for hydroxylation is 2. The summed E-state index contributed by atoms with van der Waals surface area (Å²) >= 11 is 0. The normalized spacial score (nSPS) is 15.8. The largest absolute Gasteiger partial charge is 0.468 e. The highest BCUT2D eigenvalue weighted by Crippen LogP contribution is 2.24. The fraction of sp³-hybridized carbons (Fsp3) is 0.412. The molecule has 0 fully saturated rings. The van der Waals surface area contributed by atoms with Crippen molar-refractivity contribution >= 4 is 0 Å². The first-order valence-electron chi connectivity index (χ1n) is 7.36. The molecule has 1 aromatic heterocycles. The number of aliphatic hydroxyl groups is 1. The number of hydrogen-bond acceptors (Lipinski definition) is 3. The van der Waals surface area contributed by atoms with Gasteiger partial charge in [-0.1, -0.05) is 18.2 Å². The lowest BCUT2D eigenvalue weighted by molar-refractivity contribution is 0.173. The highest BCUT2D eigenvalue weighted by molar-refractivity contribution is 5.34. The van der Waals surface area contributed by atoms with Gasteiger partial charge in [-0.25, -0.2) is 0 Å². The summed E-state index contributed by atoms with van der Waals surface area (Å²) in [5.41, 5.74) is 3.88. The standard InChI is InChI=1S/C17H21NO2/c19-17(12-18-11-16-6-3-9-20-16)15-8-7-13-4-1-2-5-14(13)10-15/h3,6-10,17-19H,1-2,4-5,11-12H2. The van der Waals surface area contributed by atoms with Crippen LogP contribution in [0.15, 0.2) is 41.0 Å². The van der Waals surface area contributed by atoms with Crippen molar-refractivity contribution < 1.29 is 9.52 Å². The Morgan fingerprint density at radius 2 is 2.00 bits per heavy atom. The Kier molecular flexibility index (Phi) is 4.19. The molecular formula is C17H21NO2. The molecule has 1 aromatic carbocycles. The van der Waals surface area contributed by atoms with E-state index in [4.69, 9.17) is 4.42 Å². The van der Waals surface area contributed by atoms with Gasteiger partial charge in [0.25, 0.3) is 0 Å². The predicted octanol–water partition coefficient (Wildman–Crippen LogP) is 2.98. The Balaban J connectivity index is 1.57. The topological polar surface area (TPSA) is 45.4 Å². The van der Waals surface area contributed by atoms with Crippen LogP contribution >= 0.6 is 0 Å². The van der Waals surface area contributed by atoms with Gasteiger partial charge in [0.15, 0.2) is 0 Å². The molecule has 3 nitrogen and oxygen atoms in total. The number of benzene rings is 1. The maximum absolute atomic E-state index is 10.3. The van der Waals surface area contributed by atoms with E-state index in [1.807, 2.05) is 12.1 Å². The second-order valence-corrected chi connectivity index (χ2v) is 5.46. The molecule has 2 aromatic rings. The molecule has 1 atom stereocenters. The van der Waals surface area contributed by atoms with E-state index in [0.717, 1.165) is 17.7 Å². The number of furan rings is 1. The highest BCUT2D eigenvalue weighted by Gasteiger charge is 2.13. The van der Waals surface area contributed by atoms with Crippen molar-refractivity contribution in [1.29, 1.82) is 0 Å². The third kappa shape index (κ3) is 3.11. The van der Waals surface area contributed by atoms with E-state index >= 15 is 0 Å². The summed E-state index contributed by atoms with van der Waals surface area (Å²) in [6, 6.07) is 10.2. The van der Waals surface area contributed by atoms with Crippen LogP contribution in [0.2, 0.25) is 0 Å². The van der Waals surface area contributed by atoms with Crippen molar-refractivity contribution in [1.82, 2.24) is 5.32 Å². The zero-order valence-corrected chi connectivity index (χ0v) is 11.6. The first kappa shape index (κ1) is 13.4. The van der Waals surface area contributed by atoms with E-state index in [0.29, 0.717) is 13.1 Å². The maximum atomic E-state index is 10.3. The molecule has 3 heteroatoms. The van der Waals surface area contributed by atoms with Crippen LogP contribution in [-0.4, -0.2) is 11.7 Å². The van der Waals surface area contributed by atoms with Crippen LogP contribution in [0.25, 0.3) is 0 Å². The van der Waals surface area contributed by atoms with E-state index in [2.05, 4.69) is 23.5 Å². The van der Waals surface area contributed by atoms with Crippen molar-refractivity contribution in [2.24, 2.45) is 0 Å². The summed E-state index contributed by atoms with van der Waals surface area (Å²) in [4.78, 5) is 0. The molecule has 20 heavy (non-hydrogen) atoms. The molecule has 0 saturated carbocycles. The molecule has 0 bridgehead atoms. The minimum absolute atomic E-state index is 0.461. The molecule has 0 spiro atoms. The second kappa shape index (κ2) is 6.25. The summed E-state index contributed by atoms with van der Waals surface area (Å²) < 4.78 is 5.25. The van der Waals surface area contributed by atoms with Crippen LogP contribution in [0.1, 0.15) is 41.4 Å². The lowest BCUT2D eigenvalue weighted by atomic mass is 9.89. The highest BCUT2D eigenvalue weighted by atomic mass is 16.3. The summed E-state index contributed by atoms with van der Waals surface area (Å²) in [5, 5.41) is 13.5. The van der Waals surface area contributed by atoms with Crippen molar-refractivity contribution in [2.75, 3.05) is 6.54 Å². The van der Waals surface area contributed by atoms with Gasteiger partial charge in [-0.05, 0) is 54.5 Å². The molecule has 1 heterocycles. The molecule has 2 N–H and O–H groups in total. The van der Waals surface area contributed by atoms with Crippen LogP contribution in [0.4, 0.5) is 0 Å². The first-order valence-corrected chi connectivity index (χ1v) is 7.36. The Bertz CT molecular complexity index is 548. The van der Waals surface area contributed by atoms with E-state index < -0.39 is 6.10 Å². The molecule has 1 aliphatic rings. The molecule has 1 aliphatic carbocycles. The Labute approximate surface area is 119 Å². The van der Waals surface area contributed by atoms with Gasteiger partial charge in [-0.3, -0.25) is 0 Å². The zero-order valence-electron chi connectivity index (χ0n) is 11.6. The van der Waals surface area contributed by atoms with Gasteiger partial charge in [0, 0.05) is 6.54 Å². The van der Waals surface area contributed by atoms with E-state index in [1.54, 1.807) is 6.26 Å². The van der Waals surface area contributed by atoms with Crippen LogP contribution in [-0.2, 0) is 19.4 Å². The third-order valence-electron chi connectivity index (χ3n) is 3.97. The minimum Gasteiger partial charge on any atom is -0.468 e. The third-order valence-corrected chi connectivity index (χ3v) is 3.97. The molecule has 0 aliphatic heterocycles. The number of aliphatic hydroxyl groups excluding tert-OH is 1. The maximum Gasteiger partial charge on any atom is 0.117 e. The predicted molar refractivity (Wildman–Crippen MR) is 78.5 cm³/mol. The van der Waals surface area contributed by atoms with Gasteiger partial charge in [0.1, 0.15) is 5.76 Å². The fourth-order valence-corrected chi connectivity index (χ4v) is 2.82. The van der Waals surface area contributed by atoms with Crippen LogP contribution in [0.5, 0.6) is 0 Å². The lowest BCUT2D eigenvalue weighted by Crippen LogP contribution is -2.21. The SMILES string of the molecule is OC(CNCc1ccco1)c1ccc2c(c1)CCCC2. The molecule has 0 saturated heterocycles. The molecule has 1 unspecified atom stereocenters. The smallest absolute Gasteiger partial charge is 0.117 e. The van der Waals surface area contributed by atoms with Gasteiger partial charge in [0.05, 0.1) is 18.9 Å². The quantitative estimate of drug-likeness (QED) is 0.878. The van der Waals surface area contributed by atoms with Crippen LogP contribution < -0.4 is 5.32 Å². The average molecular weight is 271 g/mol. The van der Waals surface area contributed by atoms with Gasteiger partial charge >= 0.3 is 0 Å². The summed E-state index contributed by atoms with van der Waals surface area (Å²) in [6.07, 6.45) is 6.09. The summed E-state index contributed by atoms with van der Waals surface area (Å²) in [6.45, 7) is 1.19. The average Bonchev–Trinajstić information content (AvgIpc) is 3.00. The van der Waals surface area contributed by atoms with E-state index in [-0.39, 0.29) is 0 Å². The van der Waals surface area contributed by atoms with E-state index in [1.165, 1.54) is 30.4 Å². The minimum atomic E-state index is -0.461. The Hall–Kier alpha value is -1.58. The first-order chi connectivity index (χ1) is 9.83. The van der Waals surface area contributed by atoms with Crippen molar-refractivity contribution in [2.45, 2.75) is 38.3 Å². The number of rotatable bonds is 5. The number of hydrogen-bond donors (Lipinski definition) is 2. The summed E-state index contributed by atoms with van der Waals surface area (Å²) in [7, 11) is 0. The number of nitrogens with one attached hydrogen (secondary N) is 1. The number of fused-ring (bicyclic) bond motifs is 1. The molecule has 106 valence electrons. The fourth-order valence-electron chi connectivity index (χ4n) is 2.82. The van der Waals surface area contributed by atoms with Gasteiger partial charge in [0.2, 0.25) is 0 Å². The van der Waals surface area contributed by atoms with Crippen molar-refractivity contribution in [3.05, 3.63) is 59.0 Å². The van der Waals surface area contributed by atoms with E-state index in [9.17, 15) is 5.11 Å². The van der Waals surface area contributed by atoms with Crippen molar-refractivity contribution in [3.8, 4) is 0 Å². The summed E-state index contributed by atoms with van der Waals surface area (Å²) in [5.74, 6) is 0.891. The van der Waals surface area contributed by atoms with Crippen LogP contribution in [0.3, 0.4) is 0 Å². The second-order valence-electron chi connectivity index (χ2n) is 5.46. The Morgan fingerprint density at radius 1 is 1.15 bits per heavy atom. The molecule has 0 radical (unpaired) electrons. The van der Waals surface area contributed by atoms with Gasteiger partial charge < -0.3 is 14.8 Å².